The van der Waals surface area contributed by atoms with Crippen molar-refractivity contribution in [3.8, 4) is 0 Å². The Labute approximate surface area is 136 Å². The third-order valence-corrected chi connectivity index (χ3v) is 5.70. The van der Waals surface area contributed by atoms with Crippen LogP contribution in [0.2, 0.25) is 0 Å². The molecule has 1 aromatic carbocycles. The molecule has 2 aliphatic heterocycles. The van der Waals surface area contributed by atoms with E-state index in [0.717, 1.165) is 37.9 Å². The molecule has 3 aliphatic rings. The fourth-order valence-electron chi connectivity index (χ4n) is 4.25. The summed E-state index contributed by atoms with van der Waals surface area (Å²) >= 11 is 0. The van der Waals surface area contributed by atoms with Gasteiger partial charge in [0, 0.05) is 19.0 Å². The largest absolute Gasteiger partial charge is 0.352 e. The number of nitrogens with one attached hydrogen (secondary N) is 2. The van der Waals surface area contributed by atoms with Crippen molar-refractivity contribution in [1.82, 2.24) is 15.5 Å². The van der Waals surface area contributed by atoms with Crippen LogP contribution in [-0.4, -0.2) is 42.9 Å². The zero-order valence-electron chi connectivity index (χ0n) is 13.3. The van der Waals surface area contributed by atoms with Gasteiger partial charge in [0.25, 0.3) is 0 Å². The molecule has 23 heavy (non-hydrogen) atoms. The van der Waals surface area contributed by atoms with Gasteiger partial charge in [0.2, 0.25) is 11.8 Å². The summed E-state index contributed by atoms with van der Waals surface area (Å²) in [6, 6.07) is 9.17. The van der Waals surface area contributed by atoms with E-state index in [0.29, 0.717) is 13.1 Å². The Morgan fingerprint density at radius 3 is 2.61 bits per heavy atom. The minimum absolute atomic E-state index is 0.0594. The van der Waals surface area contributed by atoms with E-state index in [1.54, 1.807) is 0 Å². The van der Waals surface area contributed by atoms with Crippen molar-refractivity contribution >= 4 is 11.8 Å². The first-order chi connectivity index (χ1) is 11.2. The van der Waals surface area contributed by atoms with Crippen molar-refractivity contribution in [2.45, 2.75) is 25.3 Å². The molecule has 2 amide bonds. The van der Waals surface area contributed by atoms with E-state index in [1.165, 1.54) is 0 Å². The van der Waals surface area contributed by atoms with E-state index in [9.17, 15) is 9.59 Å². The van der Waals surface area contributed by atoms with E-state index in [1.807, 2.05) is 35.2 Å². The minimum atomic E-state index is -0.475. The minimum Gasteiger partial charge on any atom is -0.352 e. The molecule has 1 aromatic rings. The van der Waals surface area contributed by atoms with E-state index < -0.39 is 6.04 Å². The predicted molar refractivity (Wildman–Crippen MR) is 86.5 cm³/mol. The van der Waals surface area contributed by atoms with Crippen molar-refractivity contribution in [1.29, 1.82) is 0 Å². The molecule has 5 heteroatoms. The van der Waals surface area contributed by atoms with E-state index in [-0.39, 0.29) is 23.1 Å². The van der Waals surface area contributed by atoms with E-state index in [2.05, 4.69) is 10.6 Å². The monoisotopic (exact) mass is 313 g/mol. The van der Waals surface area contributed by atoms with Crippen molar-refractivity contribution in [3.05, 3.63) is 35.9 Å². The van der Waals surface area contributed by atoms with Crippen molar-refractivity contribution < 1.29 is 9.59 Å². The number of nitrogens with zero attached hydrogens (tertiary/aromatic N) is 1. The number of carbonyl (C=O) groups excluding carboxylic acids is 2. The molecule has 1 spiro atoms. The second kappa shape index (κ2) is 5.64. The molecule has 2 heterocycles. The molecule has 122 valence electrons. The third kappa shape index (κ3) is 2.53. The molecule has 1 aliphatic carbocycles. The van der Waals surface area contributed by atoms with Crippen molar-refractivity contribution in [2.24, 2.45) is 11.3 Å². The maximum atomic E-state index is 13.1. The summed E-state index contributed by atoms with van der Waals surface area (Å²) in [7, 11) is 0. The predicted octanol–water partition coefficient (Wildman–Crippen LogP) is 1.08. The molecule has 2 atom stereocenters. The zero-order chi connectivity index (χ0) is 15.9. The van der Waals surface area contributed by atoms with Crippen LogP contribution in [0.3, 0.4) is 0 Å². The maximum Gasteiger partial charge on any atom is 0.247 e. The molecule has 2 saturated heterocycles. The van der Waals surface area contributed by atoms with Gasteiger partial charge in [0.05, 0.1) is 0 Å². The standard InChI is InChI=1S/C18H23N3O2/c22-16-15(13-4-2-1-3-5-13)21(11-10-20-16)17(23)14-12-18(14)6-8-19-9-7-18/h1-5,14-15,19H,6-12H2,(H,20,22). The van der Waals surface area contributed by atoms with Crippen LogP contribution in [0.4, 0.5) is 0 Å². The second-order valence-corrected chi connectivity index (χ2v) is 7.00. The number of piperazine rings is 1. The quantitative estimate of drug-likeness (QED) is 0.859. The highest BCUT2D eigenvalue weighted by molar-refractivity contribution is 5.92. The highest BCUT2D eigenvalue weighted by Gasteiger charge is 2.59. The fraction of sp³-hybridized carbons (Fsp3) is 0.556. The van der Waals surface area contributed by atoms with Crippen LogP contribution in [0.1, 0.15) is 30.9 Å². The topological polar surface area (TPSA) is 61.4 Å². The molecule has 3 fully saturated rings. The number of piperidine rings is 1. The third-order valence-electron chi connectivity index (χ3n) is 5.70. The summed E-state index contributed by atoms with van der Waals surface area (Å²) in [5, 5.41) is 6.28. The van der Waals surface area contributed by atoms with Crippen LogP contribution in [0.15, 0.2) is 30.3 Å². The van der Waals surface area contributed by atoms with E-state index >= 15 is 0 Å². The lowest BCUT2D eigenvalue weighted by molar-refractivity contribution is -0.145. The van der Waals surface area contributed by atoms with Crippen LogP contribution in [0.5, 0.6) is 0 Å². The molecule has 4 rings (SSSR count). The van der Waals surface area contributed by atoms with Crippen LogP contribution >= 0.6 is 0 Å². The summed E-state index contributed by atoms with van der Waals surface area (Å²) in [5.74, 6) is 0.230. The lowest BCUT2D eigenvalue weighted by atomic mass is 9.91. The molecular formula is C18H23N3O2. The summed E-state index contributed by atoms with van der Waals surface area (Å²) in [6.07, 6.45) is 3.16. The Kier molecular flexibility index (Phi) is 3.60. The molecule has 1 saturated carbocycles. The van der Waals surface area contributed by atoms with Crippen LogP contribution in [0.25, 0.3) is 0 Å². The number of amides is 2. The molecule has 0 aromatic heterocycles. The van der Waals surface area contributed by atoms with Gasteiger partial charge >= 0.3 is 0 Å². The first-order valence-corrected chi connectivity index (χ1v) is 8.55. The van der Waals surface area contributed by atoms with Gasteiger partial charge in [-0.25, -0.2) is 0 Å². The lowest BCUT2D eigenvalue weighted by Gasteiger charge is -2.36. The van der Waals surface area contributed by atoms with E-state index in [4.69, 9.17) is 0 Å². The van der Waals surface area contributed by atoms with Gasteiger partial charge in [-0.2, -0.15) is 0 Å². The summed E-state index contributed by atoms with van der Waals surface area (Å²) < 4.78 is 0. The average molecular weight is 313 g/mol. The Hall–Kier alpha value is -1.88. The van der Waals surface area contributed by atoms with Gasteiger partial charge in [-0.05, 0) is 43.3 Å². The highest BCUT2D eigenvalue weighted by atomic mass is 16.2. The first-order valence-electron chi connectivity index (χ1n) is 8.55. The Morgan fingerprint density at radius 1 is 1.13 bits per heavy atom. The molecule has 2 N–H and O–H groups in total. The zero-order valence-corrected chi connectivity index (χ0v) is 13.3. The second-order valence-electron chi connectivity index (χ2n) is 7.00. The SMILES string of the molecule is O=C1NCCN(C(=O)C2CC23CCNCC3)C1c1ccccc1. The Morgan fingerprint density at radius 2 is 1.87 bits per heavy atom. The first kappa shape index (κ1) is 14.7. The van der Waals surface area contributed by atoms with Crippen LogP contribution in [-0.2, 0) is 9.59 Å². The normalized spacial score (nSPS) is 29.2. The fourth-order valence-corrected chi connectivity index (χ4v) is 4.25. The number of benzene rings is 1. The molecular weight excluding hydrogens is 290 g/mol. The Bertz CT molecular complexity index is 610. The van der Waals surface area contributed by atoms with Gasteiger partial charge in [-0.1, -0.05) is 30.3 Å². The van der Waals surface area contributed by atoms with Gasteiger partial charge in [0.15, 0.2) is 0 Å². The van der Waals surface area contributed by atoms with Gasteiger partial charge in [-0.3, -0.25) is 9.59 Å². The summed E-state index contributed by atoms with van der Waals surface area (Å²) in [4.78, 5) is 27.3. The number of carbonyl (C=O) groups is 2. The van der Waals surface area contributed by atoms with Gasteiger partial charge in [0.1, 0.15) is 6.04 Å². The van der Waals surface area contributed by atoms with Crippen LogP contribution in [0, 0.1) is 11.3 Å². The Balaban J connectivity index is 1.56. The van der Waals surface area contributed by atoms with Crippen LogP contribution < -0.4 is 10.6 Å². The average Bonchev–Trinajstić information content (AvgIpc) is 3.28. The number of hydrogen-bond acceptors (Lipinski definition) is 3. The molecule has 5 nitrogen and oxygen atoms in total. The number of rotatable bonds is 2. The van der Waals surface area contributed by atoms with Gasteiger partial charge in [-0.15, -0.1) is 0 Å². The maximum absolute atomic E-state index is 13.1. The van der Waals surface area contributed by atoms with Crippen molar-refractivity contribution in [2.75, 3.05) is 26.2 Å². The number of hydrogen-bond donors (Lipinski definition) is 2. The summed E-state index contributed by atoms with van der Waals surface area (Å²) in [6.45, 7) is 3.17. The smallest absolute Gasteiger partial charge is 0.247 e. The molecule has 0 bridgehead atoms. The highest BCUT2D eigenvalue weighted by Crippen LogP contribution is 2.59. The lowest BCUT2D eigenvalue weighted by Crippen LogP contribution is -2.53. The summed E-state index contributed by atoms with van der Waals surface area (Å²) in [5.41, 5.74) is 1.11. The molecule has 2 unspecified atom stereocenters. The van der Waals surface area contributed by atoms with Crippen molar-refractivity contribution in [3.63, 3.8) is 0 Å². The molecule has 0 radical (unpaired) electrons. The van der Waals surface area contributed by atoms with Gasteiger partial charge < -0.3 is 15.5 Å².